The van der Waals surface area contributed by atoms with E-state index in [2.05, 4.69) is 45.8 Å². The molecule has 1 aromatic heterocycles. The van der Waals surface area contributed by atoms with Crippen LogP contribution >= 0.6 is 0 Å². The molecule has 2 aliphatic heterocycles. The molecule has 1 saturated heterocycles. The molecule has 8 aliphatic rings. The number of carboxylic acid groups (broad SMARTS) is 2. The van der Waals surface area contributed by atoms with Crippen LogP contribution in [0.4, 0.5) is 23.1 Å². The van der Waals surface area contributed by atoms with Crippen LogP contribution in [-0.4, -0.2) is 87.6 Å². The Balaban J connectivity index is 0.000000156. The predicted molar refractivity (Wildman–Crippen MR) is 220 cm³/mol. The van der Waals surface area contributed by atoms with Crippen LogP contribution in [0.25, 0.3) is 0 Å². The first-order valence-corrected chi connectivity index (χ1v) is 21.5. The molecule has 60 heavy (non-hydrogen) atoms. The first-order valence-electron chi connectivity index (χ1n) is 21.5. The van der Waals surface area contributed by atoms with E-state index < -0.39 is 23.9 Å². The molecule has 12 atom stereocenters. The maximum absolute atomic E-state index is 12.3. The number of rotatable bonds is 9. The maximum Gasteiger partial charge on any atom is 0.326 e. The van der Waals surface area contributed by atoms with E-state index >= 15 is 0 Å². The average Bonchev–Trinajstić information content (AvgIpc) is 4.12. The number of anilines is 4. The molecule has 6 aliphatic carbocycles. The zero-order valence-corrected chi connectivity index (χ0v) is 34.3. The highest BCUT2D eigenvalue weighted by Crippen LogP contribution is 2.82. The number of benzene rings is 1. The number of carboxylic acids is 2. The first-order chi connectivity index (χ1) is 28.5. The number of likely N-dealkylation sites (N-methyl/N-ethyl adjacent to an activating group) is 1. The number of aliphatic carboxylic acids is 2. The minimum absolute atomic E-state index is 0.0388. The Labute approximate surface area is 347 Å². The summed E-state index contributed by atoms with van der Waals surface area (Å²) < 4.78 is 6.22. The van der Waals surface area contributed by atoms with E-state index in [4.69, 9.17) is 15.6 Å². The van der Waals surface area contributed by atoms with Gasteiger partial charge in [-0.3, -0.25) is 29.0 Å². The minimum Gasteiger partial charge on any atom is -0.481 e. The summed E-state index contributed by atoms with van der Waals surface area (Å²) in [5.41, 5.74) is 8.44. The Morgan fingerprint density at radius 1 is 1.03 bits per heavy atom. The molecule has 1 aromatic carbocycles. The molecule has 1 spiro atoms. The molecule has 10 rings (SSSR count). The number of nitrogens with two attached hydrogens (primary N) is 1. The molecule has 0 bridgehead atoms. The number of hydrogen-bond donors (Lipinski definition) is 7. The van der Waals surface area contributed by atoms with Crippen LogP contribution in [0.5, 0.6) is 0 Å². The Morgan fingerprint density at radius 2 is 1.80 bits per heavy atom. The molecule has 5 saturated carbocycles. The number of nitrogens with one attached hydrogen (secondary N) is 4. The third kappa shape index (κ3) is 6.43. The number of hydrogen-bond acceptors (Lipinski definition) is 12. The van der Waals surface area contributed by atoms with E-state index in [1.165, 1.54) is 43.4 Å². The Morgan fingerprint density at radius 3 is 2.50 bits per heavy atom. The second-order valence-electron chi connectivity index (χ2n) is 19.1. The van der Waals surface area contributed by atoms with Gasteiger partial charge in [-0.15, -0.1) is 0 Å². The van der Waals surface area contributed by atoms with Gasteiger partial charge < -0.3 is 41.5 Å². The van der Waals surface area contributed by atoms with E-state index in [0.29, 0.717) is 48.6 Å². The third-order valence-corrected chi connectivity index (χ3v) is 16.1. The second-order valence-corrected chi connectivity index (χ2v) is 19.1. The van der Waals surface area contributed by atoms with E-state index in [-0.39, 0.29) is 58.4 Å². The molecule has 6 fully saturated rings. The third-order valence-electron chi connectivity index (χ3n) is 16.1. The van der Waals surface area contributed by atoms with E-state index in [0.717, 1.165) is 54.5 Å². The van der Waals surface area contributed by atoms with Crippen molar-refractivity contribution in [2.24, 2.45) is 52.3 Å². The number of ether oxygens (including phenoxy) is 1. The molecule has 16 nitrogen and oxygen atoms in total. The fraction of sp³-hybridized carbons (Fsp3) is 0.614. The van der Waals surface area contributed by atoms with Crippen molar-refractivity contribution in [3.8, 4) is 0 Å². The number of ketones is 1. The van der Waals surface area contributed by atoms with Gasteiger partial charge in [0.2, 0.25) is 5.95 Å². The number of amides is 1. The number of aromatic amines is 1. The highest BCUT2D eigenvalue weighted by atomic mass is 16.6. The van der Waals surface area contributed by atoms with Crippen molar-refractivity contribution >= 4 is 52.7 Å². The van der Waals surface area contributed by atoms with Gasteiger partial charge in [0.15, 0.2) is 11.6 Å². The van der Waals surface area contributed by atoms with Crippen molar-refractivity contribution in [2.75, 3.05) is 41.4 Å². The lowest BCUT2D eigenvalue weighted by Gasteiger charge is -2.60. The SMILES string of the molecule is CN1c2c(nc(N)[nH]c2=O)NC[C@@H]1CNc1ccc(C(=O)N[C@@H](CCC(=O)O)C(=O)O)cc1.C[C@]12CCC(=O)C=C1[C@@H]1C[C@@H]1[C@H]1[C@@H]3[C@@H]4C[C@@H]4[C@@]4(CCC(=O)O4)[C@@]3(C)CC[C@@H]12. The van der Waals surface area contributed by atoms with Gasteiger partial charge >= 0.3 is 17.9 Å². The summed E-state index contributed by atoms with van der Waals surface area (Å²) in [7, 11) is 1.79. The average molecular weight is 826 g/mol. The molecule has 1 amide bonds. The van der Waals surface area contributed by atoms with E-state index in [1.54, 1.807) is 19.2 Å². The van der Waals surface area contributed by atoms with Gasteiger partial charge in [0.25, 0.3) is 11.5 Å². The number of nitrogens with zero attached hydrogens (tertiary/aromatic N) is 2. The quantitative estimate of drug-likeness (QED) is 0.177. The summed E-state index contributed by atoms with van der Waals surface area (Å²) in [5.74, 6) is 3.06. The topological polar surface area (TPSA) is 246 Å². The van der Waals surface area contributed by atoms with Crippen molar-refractivity contribution in [2.45, 2.75) is 95.7 Å². The zero-order valence-electron chi connectivity index (χ0n) is 34.3. The number of H-pyrrole nitrogens is 1. The summed E-state index contributed by atoms with van der Waals surface area (Å²) >= 11 is 0. The fourth-order valence-electron chi connectivity index (χ4n) is 13.2. The number of esters is 1. The normalized spacial score (nSPS) is 36.5. The van der Waals surface area contributed by atoms with Crippen molar-refractivity contribution in [3.63, 3.8) is 0 Å². The predicted octanol–water partition coefficient (Wildman–Crippen LogP) is 4.05. The fourth-order valence-corrected chi connectivity index (χ4v) is 13.2. The van der Waals surface area contributed by atoms with Gasteiger partial charge in [-0.05, 0) is 116 Å². The lowest BCUT2D eigenvalue weighted by atomic mass is 9.45. The Hall–Kier alpha value is -5.41. The van der Waals surface area contributed by atoms with Crippen LogP contribution < -0.4 is 32.1 Å². The largest absolute Gasteiger partial charge is 0.481 e. The van der Waals surface area contributed by atoms with Crippen LogP contribution in [0.1, 0.15) is 88.4 Å². The van der Waals surface area contributed by atoms with Gasteiger partial charge in [-0.2, -0.15) is 4.98 Å². The van der Waals surface area contributed by atoms with Gasteiger partial charge in [0.1, 0.15) is 17.3 Å². The highest BCUT2D eigenvalue weighted by molar-refractivity contribution is 5.97. The molecule has 8 N–H and O–H groups in total. The standard InChI is InChI=1S/C24H30O3.C20H25N7O6/c1-22-6-3-12(25)9-17(22)13-10-14(13)20-16(22)4-7-23(2)21(20)15-11-18(15)24(23)8-5-19(26)27-24;1-27-12(9-23-16-15(27)18(31)26-20(21)25-16)8-22-11-4-2-10(3-5-11)17(30)24-13(19(32)33)6-7-14(28)29/h9,13-16,18,20-21H,3-8,10-11H2,1-2H3;2-5,12-13,22H,6-9H2,1H3,(H,24,30)(H,28,29)(H,32,33)(H4,21,23,25,26,31)/t13-,14+,15-,16+,18+,20-,21+,22-,23+,24+;12-,13-/m10/s1. The highest BCUT2D eigenvalue weighted by Gasteiger charge is 2.81. The lowest BCUT2D eigenvalue weighted by molar-refractivity contribution is -0.177. The number of aromatic nitrogens is 2. The van der Waals surface area contributed by atoms with Crippen LogP contribution in [-0.2, 0) is 23.9 Å². The summed E-state index contributed by atoms with van der Waals surface area (Å²) in [4.78, 5) is 79.2. The van der Waals surface area contributed by atoms with Crippen molar-refractivity contribution < 1.29 is 38.9 Å². The summed E-state index contributed by atoms with van der Waals surface area (Å²) in [6, 6.07) is 5.03. The zero-order chi connectivity index (χ0) is 42.5. The van der Waals surface area contributed by atoms with Crippen LogP contribution in [0.2, 0.25) is 0 Å². The van der Waals surface area contributed by atoms with Crippen LogP contribution in [0.15, 0.2) is 40.7 Å². The molecular weight excluding hydrogens is 771 g/mol. The van der Waals surface area contributed by atoms with E-state index in [9.17, 15) is 33.9 Å². The molecule has 16 heteroatoms. The summed E-state index contributed by atoms with van der Waals surface area (Å²) in [6.07, 6.45) is 9.99. The van der Waals surface area contributed by atoms with Gasteiger partial charge in [-0.25, -0.2) is 4.79 Å². The molecule has 0 radical (unpaired) electrons. The molecule has 3 heterocycles. The number of carbonyl (C=O) groups is 5. The smallest absolute Gasteiger partial charge is 0.326 e. The van der Waals surface area contributed by atoms with Crippen molar-refractivity contribution in [1.82, 2.24) is 15.3 Å². The first kappa shape index (κ1) is 40.0. The molecule has 0 unspecified atom stereocenters. The number of carbonyl (C=O) groups excluding carboxylic acids is 3. The van der Waals surface area contributed by atoms with Gasteiger partial charge in [-0.1, -0.05) is 19.4 Å². The summed E-state index contributed by atoms with van der Waals surface area (Å²) in [5, 5.41) is 26.6. The minimum atomic E-state index is -1.30. The van der Waals surface area contributed by atoms with Crippen LogP contribution in [0.3, 0.4) is 0 Å². The Kier molecular flexibility index (Phi) is 9.58. The molecule has 2 aromatic rings. The molecule has 320 valence electrons. The monoisotopic (exact) mass is 825 g/mol. The van der Waals surface area contributed by atoms with Gasteiger partial charge in [0, 0.05) is 62.0 Å². The van der Waals surface area contributed by atoms with E-state index in [1.807, 2.05) is 4.90 Å². The van der Waals surface area contributed by atoms with Crippen molar-refractivity contribution in [3.05, 3.63) is 51.8 Å². The summed E-state index contributed by atoms with van der Waals surface area (Å²) in [6.45, 7) is 5.99. The Bertz CT molecular complexity index is 2240. The second kappa shape index (κ2) is 14.4. The van der Waals surface area contributed by atoms with Crippen molar-refractivity contribution in [1.29, 1.82) is 0 Å². The maximum atomic E-state index is 12.3. The number of fused-ring (bicyclic) bond motifs is 13. The molecular formula is C44H55N7O9. The van der Waals surface area contributed by atoms with Gasteiger partial charge in [0.05, 0.1) is 6.04 Å². The number of nitrogen functional groups attached to an aromatic ring is 1. The lowest BCUT2D eigenvalue weighted by Crippen LogP contribution is -2.57. The number of allylic oxidation sites excluding steroid dienone is 1. The van der Waals surface area contributed by atoms with Crippen LogP contribution in [0, 0.1) is 52.3 Å².